The molecular weight excluding hydrogens is 459 g/mol. The van der Waals surface area contributed by atoms with Crippen molar-refractivity contribution in [1.29, 1.82) is 0 Å². The maximum Gasteiger partial charge on any atom is 0.191 e. The van der Waals surface area contributed by atoms with Crippen molar-refractivity contribution in [2.24, 2.45) is 4.99 Å². The molecule has 0 saturated heterocycles. The molecule has 2 N–H and O–H groups in total. The lowest BCUT2D eigenvalue weighted by Gasteiger charge is -2.18. The van der Waals surface area contributed by atoms with Crippen molar-refractivity contribution < 1.29 is 4.74 Å². The van der Waals surface area contributed by atoms with Gasteiger partial charge in [0.2, 0.25) is 0 Å². The monoisotopic (exact) mass is 488 g/mol. The van der Waals surface area contributed by atoms with E-state index in [0.717, 1.165) is 35.4 Å². The van der Waals surface area contributed by atoms with E-state index in [1.54, 1.807) is 18.4 Å². The van der Waals surface area contributed by atoms with Crippen molar-refractivity contribution in [3.05, 3.63) is 45.4 Å². The van der Waals surface area contributed by atoms with Crippen LogP contribution in [0.1, 0.15) is 28.1 Å². The van der Waals surface area contributed by atoms with Crippen LogP contribution in [0.4, 0.5) is 0 Å². The van der Waals surface area contributed by atoms with E-state index >= 15 is 0 Å². The summed E-state index contributed by atoms with van der Waals surface area (Å²) < 4.78 is 5.93. The summed E-state index contributed by atoms with van der Waals surface area (Å²) in [6.45, 7) is 9.76. The highest BCUT2D eigenvalue weighted by Crippen LogP contribution is 2.16. The first-order chi connectivity index (χ1) is 12.0. The molecular formula is C19H29IN4OS. The highest BCUT2D eigenvalue weighted by atomic mass is 127. The number of aliphatic imine (C=N–C) groups is 1. The maximum atomic E-state index is 5.93. The number of nitrogens with one attached hydrogen (secondary N) is 2. The first-order valence-corrected chi connectivity index (χ1v) is 9.40. The third-order valence-electron chi connectivity index (χ3n) is 3.81. The van der Waals surface area contributed by atoms with Crippen molar-refractivity contribution in [2.75, 3.05) is 20.1 Å². The van der Waals surface area contributed by atoms with Gasteiger partial charge in [-0.15, -0.1) is 35.3 Å². The zero-order valence-corrected chi connectivity index (χ0v) is 19.3. The molecule has 1 unspecified atom stereocenters. The molecule has 0 spiro atoms. The number of aromatic nitrogens is 1. The summed E-state index contributed by atoms with van der Waals surface area (Å²) in [4.78, 5) is 10.1. The van der Waals surface area contributed by atoms with Gasteiger partial charge in [-0.05, 0) is 45.4 Å². The number of halogens is 1. The van der Waals surface area contributed by atoms with Crippen molar-refractivity contribution in [1.82, 2.24) is 15.6 Å². The number of rotatable bonds is 7. The molecule has 144 valence electrons. The minimum atomic E-state index is 0. The van der Waals surface area contributed by atoms with E-state index in [4.69, 9.17) is 4.74 Å². The molecule has 26 heavy (non-hydrogen) atoms. The first-order valence-electron chi connectivity index (χ1n) is 8.58. The Morgan fingerprint density at radius 1 is 1.27 bits per heavy atom. The molecule has 0 amide bonds. The SMILES string of the molecule is CN=C(NCCc1nc(C)c(C)s1)NCC(C)Oc1cccc(C)c1.I. The van der Waals surface area contributed by atoms with Crippen LogP contribution in [-0.4, -0.2) is 37.2 Å². The highest BCUT2D eigenvalue weighted by Gasteiger charge is 2.07. The van der Waals surface area contributed by atoms with Crippen molar-refractivity contribution in [2.45, 2.75) is 40.2 Å². The Kier molecular flexibility index (Phi) is 9.93. The highest BCUT2D eigenvalue weighted by molar-refractivity contribution is 14.0. The Labute approximate surface area is 177 Å². The standard InChI is InChI=1S/C19H28N4OS.HI/c1-13-7-6-8-17(11-13)24-14(2)12-22-19(20-5)21-10-9-18-23-15(3)16(4)25-18;/h6-8,11,14H,9-10,12H2,1-5H3,(H2,20,21,22);1H. The molecule has 0 aliphatic carbocycles. The molecule has 0 saturated carbocycles. The van der Waals surface area contributed by atoms with Crippen molar-refractivity contribution in [3.8, 4) is 5.75 Å². The van der Waals surface area contributed by atoms with E-state index in [-0.39, 0.29) is 30.1 Å². The van der Waals surface area contributed by atoms with Gasteiger partial charge in [-0.1, -0.05) is 12.1 Å². The molecule has 0 aliphatic heterocycles. The van der Waals surface area contributed by atoms with Crippen LogP contribution in [0.15, 0.2) is 29.3 Å². The molecule has 0 fully saturated rings. The third-order valence-corrected chi connectivity index (χ3v) is 4.94. The Morgan fingerprint density at radius 2 is 2.04 bits per heavy atom. The second-order valence-electron chi connectivity index (χ2n) is 6.12. The average Bonchev–Trinajstić information content (AvgIpc) is 2.88. The number of guanidine groups is 1. The van der Waals surface area contributed by atoms with Crippen LogP contribution < -0.4 is 15.4 Å². The summed E-state index contributed by atoms with van der Waals surface area (Å²) in [6.07, 6.45) is 0.944. The average molecular weight is 488 g/mol. The van der Waals surface area contributed by atoms with Crippen molar-refractivity contribution in [3.63, 3.8) is 0 Å². The molecule has 1 heterocycles. The number of benzene rings is 1. The van der Waals surface area contributed by atoms with Gasteiger partial charge in [0.25, 0.3) is 0 Å². The van der Waals surface area contributed by atoms with E-state index < -0.39 is 0 Å². The van der Waals surface area contributed by atoms with E-state index in [9.17, 15) is 0 Å². The summed E-state index contributed by atoms with van der Waals surface area (Å²) >= 11 is 1.76. The molecule has 5 nitrogen and oxygen atoms in total. The second-order valence-corrected chi connectivity index (χ2v) is 7.41. The van der Waals surface area contributed by atoms with Gasteiger partial charge in [0, 0.05) is 24.9 Å². The Morgan fingerprint density at radius 3 is 2.65 bits per heavy atom. The van der Waals surface area contributed by atoms with Gasteiger partial charge < -0.3 is 15.4 Å². The van der Waals surface area contributed by atoms with Crippen LogP contribution in [0, 0.1) is 20.8 Å². The summed E-state index contributed by atoms with van der Waals surface area (Å²) in [5.41, 5.74) is 2.33. The number of aryl methyl sites for hydroxylation is 3. The number of hydrogen-bond donors (Lipinski definition) is 2. The van der Waals surface area contributed by atoms with Crippen LogP contribution in [0.2, 0.25) is 0 Å². The number of ether oxygens (including phenoxy) is 1. The van der Waals surface area contributed by atoms with Gasteiger partial charge >= 0.3 is 0 Å². The minimum absolute atomic E-state index is 0. The molecule has 7 heteroatoms. The molecule has 1 aromatic heterocycles. The van der Waals surface area contributed by atoms with E-state index in [2.05, 4.69) is 47.4 Å². The largest absolute Gasteiger partial charge is 0.489 e. The Bertz CT molecular complexity index is 698. The summed E-state index contributed by atoms with van der Waals surface area (Å²) in [5, 5.41) is 7.79. The van der Waals surface area contributed by atoms with Crippen molar-refractivity contribution >= 4 is 41.3 Å². The number of nitrogens with zero attached hydrogens (tertiary/aromatic N) is 2. The normalized spacial score (nSPS) is 12.3. The molecule has 0 bridgehead atoms. The fourth-order valence-corrected chi connectivity index (χ4v) is 3.29. The number of thiazole rings is 1. The minimum Gasteiger partial charge on any atom is -0.489 e. The molecule has 1 aromatic carbocycles. The zero-order valence-electron chi connectivity index (χ0n) is 16.1. The van der Waals surface area contributed by atoms with Gasteiger partial charge in [0.1, 0.15) is 11.9 Å². The number of hydrogen-bond acceptors (Lipinski definition) is 4. The van der Waals surface area contributed by atoms with Crippen LogP contribution in [0.3, 0.4) is 0 Å². The van der Waals surface area contributed by atoms with Crippen LogP contribution in [0.25, 0.3) is 0 Å². The van der Waals surface area contributed by atoms with E-state index in [1.807, 2.05) is 25.1 Å². The lowest BCUT2D eigenvalue weighted by atomic mass is 10.2. The predicted octanol–water partition coefficient (Wildman–Crippen LogP) is 3.86. The smallest absolute Gasteiger partial charge is 0.191 e. The van der Waals surface area contributed by atoms with Gasteiger partial charge in [0.05, 0.1) is 17.2 Å². The van der Waals surface area contributed by atoms with Gasteiger partial charge in [0.15, 0.2) is 5.96 Å². The van der Waals surface area contributed by atoms with Crippen LogP contribution in [0.5, 0.6) is 5.75 Å². The van der Waals surface area contributed by atoms with Gasteiger partial charge in [-0.3, -0.25) is 4.99 Å². The molecule has 2 rings (SSSR count). The lowest BCUT2D eigenvalue weighted by Crippen LogP contribution is -2.42. The zero-order chi connectivity index (χ0) is 18.2. The summed E-state index contributed by atoms with van der Waals surface area (Å²) in [5.74, 6) is 1.68. The summed E-state index contributed by atoms with van der Waals surface area (Å²) in [6, 6.07) is 8.09. The van der Waals surface area contributed by atoms with E-state index in [0.29, 0.717) is 6.54 Å². The second kappa shape index (κ2) is 11.4. The van der Waals surface area contributed by atoms with E-state index in [1.165, 1.54) is 10.4 Å². The fourth-order valence-electron chi connectivity index (χ4n) is 2.36. The first kappa shape index (κ1) is 22.7. The molecule has 1 atom stereocenters. The molecule has 2 aromatic rings. The maximum absolute atomic E-state index is 5.93. The van der Waals surface area contributed by atoms with Gasteiger partial charge in [-0.2, -0.15) is 0 Å². The Hall–Kier alpha value is -1.35. The Balaban J connectivity index is 0.00000338. The summed E-state index contributed by atoms with van der Waals surface area (Å²) in [7, 11) is 1.78. The van der Waals surface area contributed by atoms with Crippen LogP contribution >= 0.6 is 35.3 Å². The topological polar surface area (TPSA) is 58.5 Å². The lowest BCUT2D eigenvalue weighted by molar-refractivity contribution is 0.223. The van der Waals surface area contributed by atoms with Gasteiger partial charge in [-0.25, -0.2) is 4.98 Å². The molecule has 0 aliphatic rings. The quantitative estimate of drug-likeness (QED) is 0.353. The molecule has 0 radical (unpaired) electrons. The fraction of sp³-hybridized carbons (Fsp3) is 0.474. The third kappa shape index (κ3) is 7.49. The van der Waals surface area contributed by atoms with Crippen LogP contribution in [-0.2, 0) is 6.42 Å². The predicted molar refractivity (Wildman–Crippen MR) is 121 cm³/mol.